The Morgan fingerprint density at radius 1 is 1.45 bits per heavy atom. The SMILES string of the molecule is O=C(CSc1nnnn1C1CCCC1)Nc1cccnc1Cl. The van der Waals surface area contributed by atoms with Gasteiger partial charge in [0.05, 0.1) is 17.5 Å². The van der Waals surface area contributed by atoms with Crippen LogP contribution < -0.4 is 5.32 Å². The molecule has 0 spiro atoms. The van der Waals surface area contributed by atoms with Crippen LogP contribution in [0.4, 0.5) is 5.69 Å². The molecule has 116 valence electrons. The molecule has 0 atom stereocenters. The number of carbonyl (C=O) groups excluding carboxylic acids is 1. The van der Waals surface area contributed by atoms with Gasteiger partial charge in [-0.15, -0.1) is 5.10 Å². The number of tetrazole rings is 1. The number of hydrogen-bond acceptors (Lipinski definition) is 6. The zero-order valence-corrected chi connectivity index (χ0v) is 13.3. The van der Waals surface area contributed by atoms with Gasteiger partial charge in [-0.25, -0.2) is 9.67 Å². The molecule has 7 nitrogen and oxygen atoms in total. The van der Waals surface area contributed by atoms with Crippen molar-refractivity contribution in [3.8, 4) is 0 Å². The molecule has 0 unspecified atom stereocenters. The van der Waals surface area contributed by atoms with Crippen molar-refractivity contribution in [2.24, 2.45) is 0 Å². The molecular formula is C13H15ClN6OS. The van der Waals surface area contributed by atoms with Crippen LogP contribution in [0, 0.1) is 0 Å². The average molecular weight is 339 g/mol. The number of anilines is 1. The van der Waals surface area contributed by atoms with Gasteiger partial charge in [-0.1, -0.05) is 36.2 Å². The van der Waals surface area contributed by atoms with Crippen molar-refractivity contribution < 1.29 is 4.79 Å². The number of amides is 1. The van der Waals surface area contributed by atoms with Gasteiger partial charge in [0.15, 0.2) is 5.15 Å². The van der Waals surface area contributed by atoms with Gasteiger partial charge >= 0.3 is 0 Å². The average Bonchev–Trinajstić information content (AvgIpc) is 3.18. The lowest BCUT2D eigenvalue weighted by atomic mass is 10.3. The Morgan fingerprint density at radius 3 is 3.05 bits per heavy atom. The number of halogens is 1. The molecule has 22 heavy (non-hydrogen) atoms. The van der Waals surface area contributed by atoms with Gasteiger partial charge in [-0.3, -0.25) is 4.79 Å². The van der Waals surface area contributed by atoms with Crippen LogP contribution in [0.3, 0.4) is 0 Å². The topological polar surface area (TPSA) is 85.6 Å². The predicted molar refractivity (Wildman–Crippen MR) is 83.9 cm³/mol. The van der Waals surface area contributed by atoms with Crippen molar-refractivity contribution in [3.05, 3.63) is 23.5 Å². The van der Waals surface area contributed by atoms with Gasteiger partial charge in [-0.05, 0) is 35.4 Å². The number of nitrogens with zero attached hydrogens (tertiary/aromatic N) is 5. The number of pyridine rings is 1. The number of nitrogens with one attached hydrogen (secondary N) is 1. The summed E-state index contributed by atoms with van der Waals surface area (Å²) in [6.07, 6.45) is 6.16. The monoisotopic (exact) mass is 338 g/mol. The van der Waals surface area contributed by atoms with E-state index in [4.69, 9.17) is 11.6 Å². The summed E-state index contributed by atoms with van der Waals surface area (Å²) in [5.41, 5.74) is 0.505. The van der Waals surface area contributed by atoms with E-state index in [9.17, 15) is 4.79 Å². The minimum atomic E-state index is -0.166. The van der Waals surface area contributed by atoms with Crippen molar-refractivity contribution in [2.75, 3.05) is 11.1 Å². The second kappa shape index (κ2) is 7.06. The minimum Gasteiger partial charge on any atom is -0.323 e. The lowest BCUT2D eigenvalue weighted by Crippen LogP contribution is -2.16. The highest BCUT2D eigenvalue weighted by atomic mass is 35.5. The van der Waals surface area contributed by atoms with Crippen LogP contribution >= 0.6 is 23.4 Å². The van der Waals surface area contributed by atoms with Crippen LogP contribution in [0.2, 0.25) is 5.15 Å². The number of carbonyl (C=O) groups is 1. The summed E-state index contributed by atoms with van der Waals surface area (Å²) in [4.78, 5) is 15.9. The first kappa shape index (κ1) is 15.2. The second-order valence-electron chi connectivity index (χ2n) is 5.02. The van der Waals surface area contributed by atoms with E-state index in [-0.39, 0.29) is 16.8 Å². The Balaban J connectivity index is 1.57. The Morgan fingerprint density at radius 2 is 2.27 bits per heavy atom. The van der Waals surface area contributed by atoms with Crippen molar-refractivity contribution >= 4 is 35.0 Å². The Labute approximate surface area is 136 Å². The van der Waals surface area contributed by atoms with Crippen LogP contribution in [-0.2, 0) is 4.79 Å². The van der Waals surface area contributed by atoms with E-state index in [2.05, 4.69) is 25.8 Å². The third-order valence-corrected chi connectivity index (χ3v) is 4.73. The molecule has 1 fully saturated rings. The fraction of sp³-hybridized carbons (Fsp3) is 0.462. The molecule has 2 aromatic rings. The summed E-state index contributed by atoms with van der Waals surface area (Å²) in [7, 11) is 0. The molecule has 1 N–H and O–H groups in total. The van der Waals surface area contributed by atoms with E-state index < -0.39 is 0 Å². The summed E-state index contributed by atoms with van der Waals surface area (Å²) in [6, 6.07) is 3.78. The number of aromatic nitrogens is 5. The lowest BCUT2D eigenvalue weighted by Gasteiger charge is -2.10. The van der Waals surface area contributed by atoms with E-state index in [0.29, 0.717) is 16.9 Å². The molecule has 0 aliphatic heterocycles. The maximum absolute atomic E-state index is 12.0. The summed E-state index contributed by atoms with van der Waals surface area (Å²) in [5.74, 6) is 0.0547. The third kappa shape index (κ3) is 3.56. The smallest absolute Gasteiger partial charge is 0.234 e. The number of rotatable bonds is 5. The normalized spacial score (nSPS) is 15.1. The van der Waals surface area contributed by atoms with E-state index >= 15 is 0 Å². The van der Waals surface area contributed by atoms with Crippen LogP contribution in [0.15, 0.2) is 23.5 Å². The summed E-state index contributed by atoms with van der Waals surface area (Å²) < 4.78 is 1.84. The molecule has 0 aromatic carbocycles. The van der Waals surface area contributed by atoms with E-state index in [1.807, 2.05) is 4.68 Å². The molecule has 1 aliphatic carbocycles. The molecule has 0 saturated heterocycles. The standard InChI is InChI=1S/C13H15ClN6OS/c14-12-10(6-3-7-15-12)16-11(21)8-22-13-17-18-19-20(13)9-4-1-2-5-9/h3,6-7,9H,1-2,4-5,8H2,(H,16,21). The lowest BCUT2D eigenvalue weighted by molar-refractivity contribution is -0.113. The van der Waals surface area contributed by atoms with Crippen molar-refractivity contribution in [1.29, 1.82) is 0 Å². The van der Waals surface area contributed by atoms with Crippen LogP contribution in [0.1, 0.15) is 31.7 Å². The minimum absolute atomic E-state index is 0.166. The highest BCUT2D eigenvalue weighted by molar-refractivity contribution is 7.99. The first-order chi connectivity index (χ1) is 10.7. The van der Waals surface area contributed by atoms with Gasteiger partial charge in [0.1, 0.15) is 0 Å². The fourth-order valence-electron chi connectivity index (χ4n) is 2.45. The molecule has 1 amide bonds. The molecule has 3 rings (SSSR count). The largest absolute Gasteiger partial charge is 0.323 e. The summed E-state index contributed by atoms with van der Waals surface area (Å²) >= 11 is 7.24. The van der Waals surface area contributed by atoms with Crippen molar-refractivity contribution in [1.82, 2.24) is 25.2 Å². The molecule has 0 bridgehead atoms. The van der Waals surface area contributed by atoms with Crippen LogP contribution in [0.5, 0.6) is 0 Å². The number of hydrogen-bond donors (Lipinski definition) is 1. The maximum Gasteiger partial charge on any atom is 0.234 e. The highest BCUT2D eigenvalue weighted by Gasteiger charge is 2.22. The molecule has 9 heteroatoms. The first-order valence-corrected chi connectivity index (χ1v) is 8.41. The highest BCUT2D eigenvalue weighted by Crippen LogP contribution is 2.31. The third-order valence-electron chi connectivity index (χ3n) is 3.50. The Kier molecular flexibility index (Phi) is 4.89. The van der Waals surface area contributed by atoms with Crippen molar-refractivity contribution in [2.45, 2.75) is 36.9 Å². The van der Waals surface area contributed by atoms with Crippen LogP contribution in [0.25, 0.3) is 0 Å². The summed E-state index contributed by atoms with van der Waals surface area (Å²) in [6.45, 7) is 0. The molecular weight excluding hydrogens is 324 g/mol. The maximum atomic E-state index is 12.0. The van der Waals surface area contributed by atoms with Gasteiger partial charge in [0.25, 0.3) is 0 Å². The zero-order chi connectivity index (χ0) is 15.4. The van der Waals surface area contributed by atoms with Gasteiger partial charge in [-0.2, -0.15) is 0 Å². The van der Waals surface area contributed by atoms with E-state index in [1.54, 1.807) is 18.3 Å². The van der Waals surface area contributed by atoms with Crippen LogP contribution in [-0.4, -0.2) is 36.9 Å². The summed E-state index contributed by atoms with van der Waals surface area (Å²) in [5, 5.41) is 15.5. The second-order valence-corrected chi connectivity index (χ2v) is 6.32. The predicted octanol–water partition coefficient (Wildman–Crippen LogP) is 2.57. The molecule has 2 aromatic heterocycles. The van der Waals surface area contributed by atoms with E-state index in [1.165, 1.54) is 24.6 Å². The quantitative estimate of drug-likeness (QED) is 0.666. The van der Waals surface area contributed by atoms with Crippen molar-refractivity contribution in [3.63, 3.8) is 0 Å². The van der Waals surface area contributed by atoms with Gasteiger partial charge < -0.3 is 5.32 Å². The van der Waals surface area contributed by atoms with Gasteiger partial charge in [0, 0.05) is 6.20 Å². The Bertz CT molecular complexity index is 657. The number of thioether (sulfide) groups is 1. The van der Waals surface area contributed by atoms with E-state index in [0.717, 1.165) is 12.8 Å². The molecule has 2 heterocycles. The molecule has 1 saturated carbocycles. The molecule has 0 radical (unpaired) electrons. The Hall–Kier alpha value is -1.67. The zero-order valence-electron chi connectivity index (χ0n) is 11.8. The first-order valence-electron chi connectivity index (χ1n) is 7.05. The van der Waals surface area contributed by atoms with Gasteiger partial charge in [0.2, 0.25) is 11.1 Å². The fourth-order valence-corrected chi connectivity index (χ4v) is 3.37. The molecule has 1 aliphatic rings.